The lowest BCUT2D eigenvalue weighted by molar-refractivity contribution is 0.0962. The molecule has 17 heavy (non-hydrogen) atoms. The van der Waals surface area contributed by atoms with Crippen LogP contribution in [0.1, 0.15) is 66.8 Å². The Hall–Kier alpha value is -1.11. The number of benzene rings is 1. The third kappa shape index (κ3) is 2.59. The van der Waals surface area contributed by atoms with E-state index in [9.17, 15) is 4.79 Å². The molecular formula is C16H20O. The van der Waals surface area contributed by atoms with Crippen molar-refractivity contribution in [3.05, 3.63) is 35.4 Å². The molecule has 0 aromatic heterocycles. The summed E-state index contributed by atoms with van der Waals surface area (Å²) in [7, 11) is 0. The van der Waals surface area contributed by atoms with Gasteiger partial charge in [-0.15, -0.1) is 0 Å². The molecule has 0 aliphatic heterocycles. The van der Waals surface area contributed by atoms with Crippen molar-refractivity contribution in [3.63, 3.8) is 0 Å². The Morgan fingerprint density at radius 3 is 2.24 bits per heavy atom. The Morgan fingerprint density at radius 2 is 1.65 bits per heavy atom. The Balaban J connectivity index is 1.63. The monoisotopic (exact) mass is 228 g/mol. The highest BCUT2D eigenvalue weighted by atomic mass is 16.1. The van der Waals surface area contributed by atoms with Crippen LogP contribution in [0, 0.1) is 5.92 Å². The molecule has 1 aromatic carbocycles. The van der Waals surface area contributed by atoms with Crippen molar-refractivity contribution in [1.29, 1.82) is 0 Å². The van der Waals surface area contributed by atoms with Gasteiger partial charge in [0, 0.05) is 12.0 Å². The van der Waals surface area contributed by atoms with Crippen LogP contribution in [-0.4, -0.2) is 5.78 Å². The van der Waals surface area contributed by atoms with Crippen molar-refractivity contribution in [2.75, 3.05) is 0 Å². The summed E-state index contributed by atoms with van der Waals surface area (Å²) in [4.78, 5) is 12.1. The number of carbonyl (C=O) groups excluding carboxylic acids is 1. The number of hydrogen-bond acceptors (Lipinski definition) is 1. The van der Waals surface area contributed by atoms with Gasteiger partial charge >= 0.3 is 0 Å². The summed E-state index contributed by atoms with van der Waals surface area (Å²) in [6.07, 6.45) is 8.57. The number of Topliss-reactive ketones (excluding diaryl/α,β-unsaturated/α-hetero) is 1. The Kier molecular flexibility index (Phi) is 3.00. The molecule has 0 heterocycles. The molecule has 0 amide bonds. The summed E-state index contributed by atoms with van der Waals surface area (Å²) in [6, 6.07) is 8.37. The van der Waals surface area contributed by atoms with E-state index in [1.807, 2.05) is 12.1 Å². The van der Waals surface area contributed by atoms with Gasteiger partial charge in [-0.1, -0.05) is 49.9 Å². The van der Waals surface area contributed by atoms with Gasteiger partial charge in [0.1, 0.15) is 0 Å². The number of carbonyl (C=O) groups is 1. The number of hydrogen-bond donors (Lipinski definition) is 0. The number of ketones is 1. The minimum Gasteiger partial charge on any atom is -0.294 e. The number of rotatable bonds is 4. The maximum absolute atomic E-state index is 12.1. The quantitative estimate of drug-likeness (QED) is 0.701. The van der Waals surface area contributed by atoms with E-state index in [1.165, 1.54) is 44.1 Å². The molecule has 90 valence electrons. The van der Waals surface area contributed by atoms with Gasteiger partial charge in [0.25, 0.3) is 0 Å². The van der Waals surface area contributed by atoms with Crippen LogP contribution >= 0.6 is 0 Å². The van der Waals surface area contributed by atoms with E-state index >= 15 is 0 Å². The van der Waals surface area contributed by atoms with Crippen molar-refractivity contribution < 1.29 is 4.79 Å². The van der Waals surface area contributed by atoms with Gasteiger partial charge < -0.3 is 0 Å². The molecule has 0 N–H and O–H groups in total. The maximum atomic E-state index is 12.1. The summed E-state index contributed by atoms with van der Waals surface area (Å²) in [5.74, 6) is 1.79. The predicted molar refractivity (Wildman–Crippen MR) is 69.3 cm³/mol. The van der Waals surface area contributed by atoms with Gasteiger partial charge in [-0.2, -0.15) is 0 Å². The highest BCUT2D eigenvalue weighted by molar-refractivity contribution is 5.96. The average molecular weight is 228 g/mol. The van der Waals surface area contributed by atoms with Crippen LogP contribution in [0.15, 0.2) is 24.3 Å². The van der Waals surface area contributed by atoms with E-state index in [2.05, 4.69) is 12.1 Å². The molecule has 1 nitrogen and oxygen atoms in total. The zero-order valence-electron chi connectivity index (χ0n) is 10.3. The lowest BCUT2D eigenvalue weighted by Gasteiger charge is -2.08. The smallest absolute Gasteiger partial charge is 0.163 e. The van der Waals surface area contributed by atoms with Crippen molar-refractivity contribution in [1.82, 2.24) is 0 Å². The normalized spacial score (nSPS) is 20.7. The van der Waals surface area contributed by atoms with E-state index in [0.29, 0.717) is 11.7 Å². The molecule has 2 aliphatic rings. The third-order valence-corrected chi connectivity index (χ3v) is 4.23. The average Bonchev–Trinajstić information content (AvgIpc) is 3.09. The van der Waals surface area contributed by atoms with E-state index in [1.54, 1.807) is 0 Å². The van der Waals surface area contributed by atoms with E-state index in [-0.39, 0.29) is 0 Å². The topological polar surface area (TPSA) is 17.1 Å². The lowest BCUT2D eigenvalue weighted by atomic mass is 9.96. The highest BCUT2D eigenvalue weighted by Gasteiger charge is 2.24. The van der Waals surface area contributed by atoms with Crippen LogP contribution in [0.5, 0.6) is 0 Å². The first-order valence-corrected chi connectivity index (χ1v) is 6.96. The molecule has 1 aromatic rings. The summed E-state index contributed by atoms with van der Waals surface area (Å²) in [5, 5.41) is 0. The minimum atomic E-state index is 0.347. The summed E-state index contributed by atoms with van der Waals surface area (Å²) < 4.78 is 0. The molecule has 0 radical (unpaired) electrons. The first-order chi connectivity index (χ1) is 8.33. The van der Waals surface area contributed by atoms with Crippen LogP contribution in [0.25, 0.3) is 0 Å². The summed E-state index contributed by atoms with van der Waals surface area (Å²) >= 11 is 0. The molecule has 2 aliphatic carbocycles. The maximum Gasteiger partial charge on any atom is 0.163 e. The second-order valence-electron chi connectivity index (χ2n) is 5.67. The van der Waals surface area contributed by atoms with E-state index < -0.39 is 0 Å². The van der Waals surface area contributed by atoms with Gasteiger partial charge in [-0.25, -0.2) is 0 Å². The SMILES string of the molecule is O=C(CC1CCCC1)c1ccc(C2CC2)cc1. The molecule has 3 rings (SSSR count). The zero-order valence-corrected chi connectivity index (χ0v) is 10.3. The molecular weight excluding hydrogens is 208 g/mol. The van der Waals surface area contributed by atoms with Crippen molar-refractivity contribution in [2.24, 2.45) is 5.92 Å². The Morgan fingerprint density at radius 1 is 1.00 bits per heavy atom. The zero-order chi connectivity index (χ0) is 11.7. The first kappa shape index (κ1) is 11.0. The van der Waals surface area contributed by atoms with Gasteiger partial charge in [0.05, 0.1) is 0 Å². The lowest BCUT2D eigenvalue weighted by Crippen LogP contribution is -2.05. The van der Waals surface area contributed by atoms with Crippen molar-refractivity contribution >= 4 is 5.78 Å². The fourth-order valence-electron chi connectivity index (χ4n) is 2.95. The van der Waals surface area contributed by atoms with Gasteiger partial charge in [-0.3, -0.25) is 4.79 Å². The van der Waals surface area contributed by atoms with Crippen LogP contribution in [0.2, 0.25) is 0 Å². The minimum absolute atomic E-state index is 0.347. The summed E-state index contributed by atoms with van der Waals surface area (Å²) in [6.45, 7) is 0. The standard InChI is InChI=1S/C16H20O/c17-16(11-12-3-1-2-4-12)15-9-7-14(8-10-15)13-5-6-13/h7-10,12-13H,1-6,11H2. The Labute approximate surface area is 103 Å². The van der Waals surface area contributed by atoms with Gasteiger partial charge in [-0.05, 0) is 30.2 Å². The second-order valence-corrected chi connectivity index (χ2v) is 5.67. The van der Waals surface area contributed by atoms with Crippen LogP contribution in [-0.2, 0) is 0 Å². The Bertz CT molecular complexity index is 394. The van der Waals surface area contributed by atoms with Gasteiger partial charge in [0.2, 0.25) is 0 Å². The van der Waals surface area contributed by atoms with E-state index in [0.717, 1.165) is 17.9 Å². The fourth-order valence-corrected chi connectivity index (χ4v) is 2.95. The third-order valence-electron chi connectivity index (χ3n) is 4.23. The van der Waals surface area contributed by atoms with Crippen molar-refractivity contribution in [2.45, 2.75) is 50.9 Å². The molecule has 0 spiro atoms. The van der Waals surface area contributed by atoms with Gasteiger partial charge in [0.15, 0.2) is 5.78 Å². The van der Waals surface area contributed by atoms with E-state index in [4.69, 9.17) is 0 Å². The van der Waals surface area contributed by atoms with Crippen LogP contribution in [0.4, 0.5) is 0 Å². The molecule has 0 saturated heterocycles. The second kappa shape index (κ2) is 4.64. The highest BCUT2D eigenvalue weighted by Crippen LogP contribution is 2.40. The summed E-state index contributed by atoms with van der Waals surface area (Å²) in [5.41, 5.74) is 2.34. The molecule has 0 atom stereocenters. The fraction of sp³-hybridized carbons (Fsp3) is 0.562. The molecule has 1 heteroatoms. The van der Waals surface area contributed by atoms with Crippen LogP contribution in [0.3, 0.4) is 0 Å². The molecule has 0 unspecified atom stereocenters. The predicted octanol–water partition coefficient (Wildman–Crippen LogP) is 4.33. The molecule has 0 bridgehead atoms. The largest absolute Gasteiger partial charge is 0.294 e. The molecule has 2 fully saturated rings. The first-order valence-electron chi connectivity index (χ1n) is 6.96. The van der Waals surface area contributed by atoms with Crippen LogP contribution < -0.4 is 0 Å². The molecule has 2 saturated carbocycles. The van der Waals surface area contributed by atoms with Crippen molar-refractivity contribution in [3.8, 4) is 0 Å².